The number of nitrogens with zero attached hydrogens (tertiary/aromatic N) is 2. The van der Waals surface area contributed by atoms with Crippen LogP contribution in [-0.4, -0.2) is 17.5 Å². The average Bonchev–Trinajstić information content (AvgIpc) is 3.52. The molecule has 0 unspecified atom stereocenters. The molecular weight excluding hydrogens is 344 g/mol. The zero-order valence-electron chi connectivity index (χ0n) is 16.6. The molecule has 5 rings (SSSR count). The van der Waals surface area contributed by atoms with Crippen molar-refractivity contribution in [1.29, 1.82) is 0 Å². The first-order valence-electron chi connectivity index (χ1n) is 11.1. The summed E-state index contributed by atoms with van der Waals surface area (Å²) in [7, 11) is 0. The molecule has 0 amide bonds. The minimum Gasteiger partial charge on any atom is -0.474 e. The molecule has 0 bridgehead atoms. The molecule has 3 heteroatoms. The molecule has 0 radical (unpaired) electrons. The van der Waals surface area contributed by atoms with Crippen LogP contribution in [0.3, 0.4) is 0 Å². The van der Waals surface area contributed by atoms with Crippen molar-refractivity contribution >= 4 is 5.90 Å². The van der Waals surface area contributed by atoms with Gasteiger partial charge in [-0.1, -0.05) is 62.1 Å². The van der Waals surface area contributed by atoms with E-state index in [0.29, 0.717) is 18.4 Å². The number of rotatable bonds is 5. The fraction of sp³-hybridized carbons (Fsp3) is 0.520. The highest BCUT2D eigenvalue weighted by Gasteiger charge is 2.35. The van der Waals surface area contributed by atoms with E-state index >= 15 is 0 Å². The lowest BCUT2D eigenvalue weighted by Crippen LogP contribution is -2.20. The van der Waals surface area contributed by atoms with Gasteiger partial charge in [-0.15, -0.1) is 0 Å². The van der Waals surface area contributed by atoms with Gasteiger partial charge in [0, 0.05) is 11.6 Å². The molecular formula is C25H30N2O. The fourth-order valence-electron chi connectivity index (χ4n) is 5.62. The fourth-order valence-corrected chi connectivity index (χ4v) is 5.62. The Labute approximate surface area is 168 Å². The second kappa shape index (κ2) is 8.06. The molecule has 3 aliphatic rings. The zero-order chi connectivity index (χ0) is 18.8. The molecule has 2 heterocycles. The number of benzene rings is 1. The Kier molecular flexibility index (Phi) is 5.16. The van der Waals surface area contributed by atoms with Crippen LogP contribution >= 0.6 is 0 Å². The first kappa shape index (κ1) is 17.9. The van der Waals surface area contributed by atoms with Crippen molar-refractivity contribution in [3.63, 3.8) is 0 Å². The Morgan fingerprint density at radius 1 is 0.786 bits per heavy atom. The normalized spacial score (nSPS) is 23.3. The molecule has 146 valence electrons. The van der Waals surface area contributed by atoms with E-state index in [0.717, 1.165) is 17.5 Å². The van der Waals surface area contributed by atoms with Crippen LogP contribution in [0.25, 0.3) is 0 Å². The number of aliphatic imine (C=N–C) groups is 1. The van der Waals surface area contributed by atoms with Gasteiger partial charge in [0.2, 0.25) is 5.90 Å². The van der Waals surface area contributed by atoms with Crippen LogP contribution in [0, 0.1) is 11.8 Å². The maximum atomic E-state index is 5.98. The van der Waals surface area contributed by atoms with Gasteiger partial charge in [-0.3, -0.25) is 0 Å². The highest BCUT2D eigenvalue weighted by molar-refractivity contribution is 5.93. The Morgan fingerprint density at radius 2 is 1.46 bits per heavy atom. The SMILES string of the molecule is c1ccc([C@@H]2COC(c3cccc(C(C4CCCC4)C4CCCC4)n3)=N2)cc1. The van der Waals surface area contributed by atoms with Gasteiger partial charge in [-0.05, 0) is 55.2 Å². The summed E-state index contributed by atoms with van der Waals surface area (Å²) in [4.78, 5) is 9.97. The summed E-state index contributed by atoms with van der Waals surface area (Å²) in [6.07, 6.45) is 11.1. The monoisotopic (exact) mass is 374 g/mol. The molecule has 1 aromatic carbocycles. The van der Waals surface area contributed by atoms with E-state index in [-0.39, 0.29) is 6.04 Å². The molecule has 1 aliphatic heterocycles. The van der Waals surface area contributed by atoms with E-state index in [9.17, 15) is 0 Å². The summed E-state index contributed by atoms with van der Waals surface area (Å²) < 4.78 is 5.98. The van der Waals surface area contributed by atoms with Crippen LogP contribution in [0.15, 0.2) is 53.5 Å². The highest BCUT2D eigenvalue weighted by atomic mass is 16.5. The topological polar surface area (TPSA) is 34.5 Å². The Morgan fingerprint density at radius 3 is 2.14 bits per heavy atom. The molecule has 2 aliphatic carbocycles. The summed E-state index contributed by atoms with van der Waals surface area (Å²) in [5, 5.41) is 0. The smallest absolute Gasteiger partial charge is 0.236 e. The van der Waals surface area contributed by atoms with Crippen LogP contribution in [0.2, 0.25) is 0 Å². The lowest BCUT2D eigenvalue weighted by atomic mass is 9.77. The summed E-state index contributed by atoms with van der Waals surface area (Å²) in [5.74, 6) is 2.97. The summed E-state index contributed by atoms with van der Waals surface area (Å²) in [5.41, 5.74) is 3.41. The number of pyridine rings is 1. The third-order valence-corrected chi connectivity index (χ3v) is 6.98. The van der Waals surface area contributed by atoms with Gasteiger partial charge in [-0.2, -0.15) is 0 Å². The Balaban J connectivity index is 1.42. The van der Waals surface area contributed by atoms with Gasteiger partial charge >= 0.3 is 0 Å². The molecule has 28 heavy (non-hydrogen) atoms. The molecule has 2 aromatic rings. The van der Waals surface area contributed by atoms with E-state index in [2.05, 4.69) is 42.5 Å². The van der Waals surface area contributed by atoms with Crippen molar-refractivity contribution in [2.45, 2.75) is 63.3 Å². The van der Waals surface area contributed by atoms with E-state index in [1.807, 2.05) is 6.07 Å². The quantitative estimate of drug-likeness (QED) is 0.637. The van der Waals surface area contributed by atoms with Gasteiger partial charge in [0.25, 0.3) is 0 Å². The molecule has 0 N–H and O–H groups in total. The Hall–Kier alpha value is -2.16. The minimum atomic E-state index is 0.0853. The molecule has 2 saturated carbocycles. The molecule has 0 spiro atoms. The van der Waals surface area contributed by atoms with Crippen LogP contribution in [0.1, 0.15) is 80.3 Å². The van der Waals surface area contributed by atoms with Gasteiger partial charge in [0.1, 0.15) is 18.3 Å². The maximum absolute atomic E-state index is 5.98. The second-order valence-corrected chi connectivity index (χ2v) is 8.73. The number of ether oxygens (including phenoxy) is 1. The third kappa shape index (κ3) is 3.59. The average molecular weight is 375 g/mol. The van der Waals surface area contributed by atoms with Crippen molar-refractivity contribution in [2.75, 3.05) is 6.61 Å². The maximum Gasteiger partial charge on any atom is 0.236 e. The van der Waals surface area contributed by atoms with Crippen molar-refractivity contribution in [1.82, 2.24) is 4.98 Å². The van der Waals surface area contributed by atoms with Gasteiger partial charge in [-0.25, -0.2) is 9.98 Å². The third-order valence-electron chi connectivity index (χ3n) is 6.98. The van der Waals surface area contributed by atoms with Gasteiger partial charge in [0.05, 0.1) is 0 Å². The zero-order valence-corrected chi connectivity index (χ0v) is 16.6. The number of hydrogen-bond donors (Lipinski definition) is 0. The number of hydrogen-bond acceptors (Lipinski definition) is 3. The van der Waals surface area contributed by atoms with E-state index in [4.69, 9.17) is 14.7 Å². The van der Waals surface area contributed by atoms with Crippen LogP contribution in [0.4, 0.5) is 0 Å². The lowest BCUT2D eigenvalue weighted by Gasteiger charge is -2.29. The number of aromatic nitrogens is 1. The van der Waals surface area contributed by atoms with Crippen molar-refractivity contribution in [3.05, 3.63) is 65.5 Å². The summed E-state index contributed by atoms with van der Waals surface area (Å²) >= 11 is 0. The van der Waals surface area contributed by atoms with Crippen LogP contribution in [0.5, 0.6) is 0 Å². The van der Waals surface area contributed by atoms with Crippen LogP contribution in [-0.2, 0) is 4.74 Å². The van der Waals surface area contributed by atoms with E-state index in [1.54, 1.807) is 0 Å². The molecule has 1 aromatic heterocycles. The van der Waals surface area contributed by atoms with Gasteiger partial charge < -0.3 is 4.74 Å². The largest absolute Gasteiger partial charge is 0.474 e. The molecule has 3 nitrogen and oxygen atoms in total. The van der Waals surface area contributed by atoms with Crippen LogP contribution < -0.4 is 0 Å². The van der Waals surface area contributed by atoms with E-state index in [1.165, 1.54) is 62.6 Å². The Bertz CT molecular complexity index is 803. The van der Waals surface area contributed by atoms with E-state index < -0.39 is 0 Å². The van der Waals surface area contributed by atoms with Crippen molar-refractivity contribution in [2.24, 2.45) is 16.8 Å². The highest BCUT2D eigenvalue weighted by Crippen LogP contribution is 2.46. The standard InChI is InChI=1S/C25H30N2O/c1-2-9-18(10-3-1)23-17-28-25(27-23)22-16-8-15-21(26-22)24(19-11-4-5-12-19)20-13-6-7-14-20/h1-3,8-10,15-16,19-20,23-24H,4-7,11-14,17H2/t23-/m0/s1. The summed E-state index contributed by atoms with van der Waals surface area (Å²) in [6, 6.07) is 17.0. The van der Waals surface area contributed by atoms with Crippen molar-refractivity contribution < 1.29 is 4.74 Å². The predicted octanol–water partition coefficient (Wildman–Crippen LogP) is 6.06. The summed E-state index contributed by atoms with van der Waals surface area (Å²) in [6.45, 7) is 0.611. The lowest BCUT2D eigenvalue weighted by molar-refractivity contribution is 0.307. The molecule has 1 atom stereocenters. The molecule has 0 saturated heterocycles. The van der Waals surface area contributed by atoms with Crippen molar-refractivity contribution in [3.8, 4) is 0 Å². The molecule has 2 fully saturated rings. The van der Waals surface area contributed by atoms with Gasteiger partial charge in [0.15, 0.2) is 0 Å². The minimum absolute atomic E-state index is 0.0853. The second-order valence-electron chi connectivity index (χ2n) is 8.73. The predicted molar refractivity (Wildman–Crippen MR) is 113 cm³/mol. The first-order valence-corrected chi connectivity index (χ1v) is 11.1. The first-order chi connectivity index (χ1) is 13.9.